The van der Waals surface area contributed by atoms with Crippen molar-refractivity contribution in [3.05, 3.63) is 54.1 Å². The molecule has 28 heavy (non-hydrogen) atoms. The van der Waals surface area contributed by atoms with Crippen LogP contribution < -0.4 is 15.8 Å². The lowest BCUT2D eigenvalue weighted by atomic mass is 9.93. The molecule has 1 aliphatic rings. The zero-order chi connectivity index (χ0) is 19.5. The Kier molecular flexibility index (Phi) is 5.01. The Morgan fingerprint density at radius 3 is 2.75 bits per heavy atom. The highest BCUT2D eigenvalue weighted by Gasteiger charge is 2.24. The van der Waals surface area contributed by atoms with Crippen molar-refractivity contribution in [1.82, 2.24) is 15.0 Å². The van der Waals surface area contributed by atoms with Crippen LogP contribution in [0.25, 0.3) is 11.0 Å². The van der Waals surface area contributed by atoms with Gasteiger partial charge in [0.15, 0.2) is 0 Å². The van der Waals surface area contributed by atoms with Gasteiger partial charge in [-0.15, -0.1) is 0 Å². The van der Waals surface area contributed by atoms with Gasteiger partial charge in [-0.05, 0) is 49.9 Å². The minimum Gasteiger partial charge on any atom is -0.474 e. The summed E-state index contributed by atoms with van der Waals surface area (Å²) in [6, 6.07) is 7.85. The van der Waals surface area contributed by atoms with Gasteiger partial charge in [0.2, 0.25) is 5.88 Å². The van der Waals surface area contributed by atoms with Crippen molar-refractivity contribution in [1.29, 1.82) is 0 Å². The second-order valence-electron chi connectivity index (χ2n) is 6.84. The lowest BCUT2D eigenvalue weighted by Crippen LogP contribution is -2.32. The van der Waals surface area contributed by atoms with E-state index in [2.05, 4.69) is 20.3 Å². The summed E-state index contributed by atoms with van der Waals surface area (Å²) in [5.41, 5.74) is 6.85. The predicted octanol–water partition coefficient (Wildman–Crippen LogP) is 3.06. The van der Waals surface area contributed by atoms with Crippen LogP contribution in [-0.4, -0.2) is 33.0 Å². The number of fused-ring (bicyclic) bond motifs is 1. The maximum Gasteiger partial charge on any atom is 0.254 e. The standard InChI is InChI=1S/C20H20FN5O2/c21-12-3-8-16-17(10-12)26-18(11-24-16)25-13-4-6-14(7-5-13)28-20-15(19(22)27)2-1-9-23-20/h1-3,8-11,13-14H,4-7H2,(H2,22,27)(H,25,26). The fraction of sp³-hybridized carbons (Fsp3) is 0.300. The van der Waals surface area contributed by atoms with Crippen LogP contribution in [0.1, 0.15) is 36.0 Å². The second-order valence-corrected chi connectivity index (χ2v) is 6.84. The molecule has 2 heterocycles. The van der Waals surface area contributed by atoms with Crippen molar-refractivity contribution in [2.45, 2.75) is 37.8 Å². The molecule has 0 aliphatic heterocycles. The normalized spacial score (nSPS) is 19.3. The first-order valence-corrected chi connectivity index (χ1v) is 9.19. The number of nitrogens with two attached hydrogens (primary N) is 1. The molecule has 144 valence electrons. The van der Waals surface area contributed by atoms with E-state index in [1.807, 2.05) is 0 Å². The fourth-order valence-corrected chi connectivity index (χ4v) is 3.42. The molecule has 0 bridgehead atoms. The zero-order valence-electron chi connectivity index (χ0n) is 15.1. The molecule has 2 aromatic heterocycles. The summed E-state index contributed by atoms with van der Waals surface area (Å²) in [7, 11) is 0. The van der Waals surface area contributed by atoms with Gasteiger partial charge in [0.1, 0.15) is 23.3 Å². The highest BCUT2D eigenvalue weighted by molar-refractivity contribution is 5.94. The summed E-state index contributed by atoms with van der Waals surface area (Å²) in [5.74, 6) is 0.0308. The maximum absolute atomic E-state index is 13.4. The number of nitrogens with zero attached hydrogens (tertiary/aromatic N) is 3. The molecular weight excluding hydrogens is 361 g/mol. The summed E-state index contributed by atoms with van der Waals surface area (Å²) in [6.07, 6.45) is 6.57. The number of rotatable bonds is 5. The summed E-state index contributed by atoms with van der Waals surface area (Å²) in [5, 5.41) is 3.37. The lowest BCUT2D eigenvalue weighted by molar-refractivity contribution is 0.0983. The minimum atomic E-state index is -0.551. The summed E-state index contributed by atoms with van der Waals surface area (Å²) < 4.78 is 19.3. The minimum absolute atomic E-state index is 0.0252. The van der Waals surface area contributed by atoms with Gasteiger partial charge >= 0.3 is 0 Å². The first-order valence-electron chi connectivity index (χ1n) is 9.19. The third-order valence-corrected chi connectivity index (χ3v) is 4.85. The van der Waals surface area contributed by atoms with Crippen LogP contribution in [-0.2, 0) is 0 Å². The zero-order valence-corrected chi connectivity index (χ0v) is 15.1. The molecule has 1 aliphatic carbocycles. The Balaban J connectivity index is 1.36. The van der Waals surface area contributed by atoms with Gasteiger partial charge in [0.25, 0.3) is 5.91 Å². The monoisotopic (exact) mass is 381 g/mol. The molecule has 0 saturated heterocycles. The molecular formula is C20H20FN5O2. The van der Waals surface area contributed by atoms with Crippen LogP contribution in [0.3, 0.4) is 0 Å². The van der Waals surface area contributed by atoms with Gasteiger partial charge in [-0.2, -0.15) is 0 Å². The molecule has 0 unspecified atom stereocenters. The van der Waals surface area contributed by atoms with E-state index in [0.29, 0.717) is 22.4 Å². The highest BCUT2D eigenvalue weighted by atomic mass is 19.1. The Bertz CT molecular complexity index is 1000. The smallest absolute Gasteiger partial charge is 0.254 e. The van der Waals surface area contributed by atoms with Gasteiger partial charge < -0.3 is 15.8 Å². The van der Waals surface area contributed by atoms with Crippen molar-refractivity contribution in [2.75, 3.05) is 5.32 Å². The van der Waals surface area contributed by atoms with Gasteiger partial charge in [-0.25, -0.2) is 14.4 Å². The van der Waals surface area contributed by atoms with E-state index in [9.17, 15) is 9.18 Å². The summed E-state index contributed by atoms with van der Waals surface area (Å²) >= 11 is 0. The van der Waals surface area contributed by atoms with Crippen molar-refractivity contribution >= 4 is 22.8 Å². The number of hydrogen-bond donors (Lipinski definition) is 2. The quantitative estimate of drug-likeness (QED) is 0.704. The van der Waals surface area contributed by atoms with E-state index < -0.39 is 5.91 Å². The van der Waals surface area contributed by atoms with Gasteiger partial charge in [0.05, 0.1) is 17.2 Å². The van der Waals surface area contributed by atoms with E-state index in [-0.39, 0.29) is 23.8 Å². The number of pyridine rings is 1. The number of amides is 1. The van der Waals surface area contributed by atoms with E-state index in [4.69, 9.17) is 10.5 Å². The molecule has 3 N–H and O–H groups in total. The second kappa shape index (κ2) is 7.75. The van der Waals surface area contributed by atoms with E-state index >= 15 is 0 Å². The van der Waals surface area contributed by atoms with Crippen molar-refractivity contribution in [2.24, 2.45) is 5.73 Å². The van der Waals surface area contributed by atoms with Gasteiger partial charge in [0, 0.05) is 18.3 Å². The van der Waals surface area contributed by atoms with E-state index in [1.54, 1.807) is 30.6 Å². The number of primary amides is 1. The number of nitrogens with one attached hydrogen (secondary N) is 1. The molecule has 8 heteroatoms. The molecule has 0 atom stereocenters. The molecule has 1 fully saturated rings. The maximum atomic E-state index is 13.4. The van der Waals surface area contributed by atoms with Crippen LogP contribution in [0, 0.1) is 5.82 Å². The average molecular weight is 381 g/mol. The van der Waals surface area contributed by atoms with Gasteiger partial charge in [-0.1, -0.05) is 0 Å². The molecule has 1 amide bonds. The number of benzene rings is 1. The molecule has 7 nitrogen and oxygen atoms in total. The third-order valence-electron chi connectivity index (χ3n) is 4.85. The van der Waals surface area contributed by atoms with Crippen molar-refractivity contribution in [3.8, 4) is 5.88 Å². The first kappa shape index (κ1) is 18.1. The Hall–Kier alpha value is -3.29. The molecule has 3 aromatic rings. The molecule has 0 radical (unpaired) electrons. The number of aromatic nitrogens is 3. The number of anilines is 1. The molecule has 1 aromatic carbocycles. The number of halogens is 1. The largest absolute Gasteiger partial charge is 0.474 e. The fourth-order valence-electron chi connectivity index (χ4n) is 3.42. The average Bonchev–Trinajstić information content (AvgIpc) is 2.69. The summed E-state index contributed by atoms with van der Waals surface area (Å²) in [4.78, 5) is 24.4. The van der Waals surface area contributed by atoms with Crippen LogP contribution >= 0.6 is 0 Å². The van der Waals surface area contributed by atoms with Crippen molar-refractivity contribution in [3.63, 3.8) is 0 Å². The molecule has 0 spiro atoms. The summed E-state index contributed by atoms with van der Waals surface area (Å²) in [6.45, 7) is 0. The topological polar surface area (TPSA) is 103 Å². The molecule has 1 saturated carbocycles. The van der Waals surface area contributed by atoms with Gasteiger partial charge in [-0.3, -0.25) is 9.78 Å². The highest BCUT2D eigenvalue weighted by Crippen LogP contribution is 2.26. The van der Waals surface area contributed by atoms with Crippen LogP contribution in [0.4, 0.5) is 10.2 Å². The Morgan fingerprint density at radius 1 is 1.14 bits per heavy atom. The van der Waals surface area contributed by atoms with Crippen LogP contribution in [0.5, 0.6) is 5.88 Å². The van der Waals surface area contributed by atoms with E-state index in [1.165, 1.54) is 12.1 Å². The number of carbonyl (C=O) groups excluding carboxylic acids is 1. The SMILES string of the molecule is NC(=O)c1cccnc1OC1CCC(Nc2cnc3ccc(F)cc3n2)CC1. The first-order chi connectivity index (χ1) is 13.6. The van der Waals surface area contributed by atoms with Crippen LogP contribution in [0.15, 0.2) is 42.7 Å². The van der Waals surface area contributed by atoms with Crippen LogP contribution in [0.2, 0.25) is 0 Å². The predicted molar refractivity (Wildman–Crippen MR) is 103 cm³/mol. The Morgan fingerprint density at radius 2 is 1.96 bits per heavy atom. The third kappa shape index (κ3) is 4.00. The lowest BCUT2D eigenvalue weighted by Gasteiger charge is -2.29. The Labute approximate surface area is 161 Å². The number of carbonyl (C=O) groups is 1. The van der Waals surface area contributed by atoms with E-state index in [0.717, 1.165) is 25.7 Å². The van der Waals surface area contributed by atoms with Crippen molar-refractivity contribution < 1.29 is 13.9 Å². The number of hydrogen-bond acceptors (Lipinski definition) is 6. The molecule has 4 rings (SSSR count). The number of ether oxygens (including phenoxy) is 1.